The molecule has 1 unspecified atom stereocenters. The van der Waals surface area contributed by atoms with Crippen LogP contribution in [0.3, 0.4) is 0 Å². The van der Waals surface area contributed by atoms with Crippen LogP contribution in [-0.2, 0) is 11.2 Å². The van der Waals surface area contributed by atoms with Crippen LogP contribution in [0.1, 0.15) is 136 Å². The Morgan fingerprint density at radius 1 is 0.842 bits per heavy atom. The minimum Gasteiger partial charge on any atom is -0.506 e. The molecular formula is C31H55N3O4. The Kier molecular flexibility index (Phi) is 17.5. The second-order valence-corrected chi connectivity index (χ2v) is 11.6. The second kappa shape index (κ2) is 19.7. The zero-order valence-electron chi connectivity index (χ0n) is 24.6. The van der Waals surface area contributed by atoms with E-state index in [9.17, 15) is 19.8 Å². The number of hydrogen-bond donors (Lipinski definition) is 3. The van der Waals surface area contributed by atoms with Gasteiger partial charge in [0.1, 0.15) is 11.8 Å². The maximum Gasteiger partial charge on any atom is 0.408 e. The number of pyridine rings is 1. The van der Waals surface area contributed by atoms with Gasteiger partial charge in [0.2, 0.25) is 5.91 Å². The minimum atomic E-state index is -1.14. The highest BCUT2D eigenvalue weighted by Crippen LogP contribution is 2.21. The average molecular weight is 534 g/mol. The summed E-state index contributed by atoms with van der Waals surface area (Å²) in [5.74, 6) is -0.276. The first-order valence-electron chi connectivity index (χ1n) is 15.1. The van der Waals surface area contributed by atoms with Crippen molar-refractivity contribution in [2.24, 2.45) is 0 Å². The van der Waals surface area contributed by atoms with Crippen LogP contribution in [0.5, 0.6) is 5.75 Å². The molecule has 0 aromatic carbocycles. The van der Waals surface area contributed by atoms with Crippen molar-refractivity contribution in [1.29, 1.82) is 0 Å². The van der Waals surface area contributed by atoms with Crippen LogP contribution in [0.2, 0.25) is 0 Å². The SMILES string of the molecule is CCCCCCCCCCCCCCCCCCNC(=O)C(Cc1ccc(O)cn1)N(C(=O)O)C(C)(C)C. The van der Waals surface area contributed by atoms with Gasteiger partial charge in [0, 0.05) is 24.2 Å². The Bertz CT molecular complexity index is 761. The fraction of sp³-hybridized carbons (Fsp3) is 0.774. The predicted molar refractivity (Wildman–Crippen MR) is 156 cm³/mol. The molecule has 0 bridgehead atoms. The fourth-order valence-corrected chi connectivity index (χ4v) is 4.93. The Balaban J connectivity index is 2.25. The van der Waals surface area contributed by atoms with Crippen LogP contribution in [0.15, 0.2) is 18.3 Å². The molecule has 1 aromatic heterocycles. The fourth-order valence-electron chi connectivity index (χ4n) is 4.93. The summed E-state index contributed by atoms with van der Waals surface area (Å²) in [4.78, 5) is 30.5. The van der Waals surface area contributed by atoms with Crippen molar-refractivity contribution in [3.05, 3.63) is 24.0 Å². The molecule has 0 aliphatic rings. The molecule has 1 heterocycles. The van der Waals surface area contributed by atoms with Crippen LogP contribution in [-0.4, -0.2) is 50.2 Å². The lowest BCUT2D eigenvalue weighted by atomic mass is 9.99. The first kappa shape index (κ1) is 33.7. The van der Waals surface area contributed by atoms with Crippen molar-refractivity contribution in [3.63, 3.8) is 0 Å². The van der Waals surface area contributed by atoms with Gasteiger partial charge in [-0.05, 0) is 39.3 Å². The molecule has 218 valence electrons. The van der Waals surface area contributed by atoms with Gasteiger partial charge in [0.25, 0.3) is 0 Å². The lowest BCUT2D eigenvalue weighted by Crippen LogP contribution is -2.57. The van der Waals surface area contributed by atoms with E-state index in [2.05, 4.69) is 17.2 Å². The third-order valence-corrected chi connectivity index (χ3v) is 7.08. The molecule has 0 fully saturated rings. The monoisotopic (exact) mass is 533 g/mol. The van der Waals surface area contributed by atoms with Crippen molar-refractivity contribution >= 4 is 12.0 Å². The van der Waals surface area contributed by atoms with Gasteiger partial charge in [0.05, 0.1) is 6.20 Å². The van der Waals surface area contributed by atoms with Gasteiger partial charge < -0.3 is 15.5 Å². The Labute approximate surface area is 231 Å². The largest absolute Gasteiger partial charge is 0.506 e. The Hall–Kier alpha value is -2.31. The summed E-state index contributed by atoms with van der Waals surface area (Å²) in [6, 6.07) is 2.22. The van der Waals surface area contributed by atoms with E-state index in [1.807, 2.05) is 0 Å². The van der Waals surface area contributed by atoms with Crippen molar-refractivity contribution in [2.75, 3.05) is 6.54 Å². The molecule has 1 aromatic rings. The standard InChI is InChI=1S/C31H55N3O4/c1-5-6-7-8-9-10-11-12-13-14-15-16-17-18-19-20-23-32-29(36)28(34(30(37)38)31(2,3)4)24-26-21-22-27(35)25-33-26/h21-22,25,28,35H,5-20,23-24H2,1-4H3,(H,32,36)(H,37,38). The van der Waals surface area contributed by atoms with Crippen molar-refractivity contribution in [2.45, 2.75) is 148 Å². The average Bonchev–Trinajstić information content (AvgIpc) is 2.85. The summed E-state index contributed by atoms with van der Waals surface area (Å²) >= 11 is 0. The molecule has 1 rings (SSSR count). The number of amides is 2. The van der Waals surface area contributed by atoms with Gasteiger partial charge in [-0.25, -0.2) is 4.79 Å². The normalized spacial score (nSPS) is 12.3. The van der Waals surface area contributed by atoms with E-state index >= 15 is 0 Å². The van der Waals surface area contributed by atoms with Crippen LogP contribution in [0, 0.1) is 0 Å². The van der Waals surface area contributed by atoms with Crippen LogP contribution >= 0.6 is 0 Å². The van der Waals surface area contributed by atoms with Crippen molar-refractivity contribution < 1.29 is 19.8 Å². The maximum atomic E-state index is 13.1. The van der Waals surface area contributed by atoms with Crippen LogP contribution < -0.4 is 5.32 Å². The summed E-state index contributed by atoms with van der Waals surface area (Å²) in [5.41, 5.74) is -0.195. The molecule has 38 heavy (non-hydrogen) atoms. The number of aromatic nitrogens is 1. The van der Waals surface area contributed by atoms with E-state index < -0.39 is 17.7 Å². The quantitative estimate of drug-likeness (QED) is 0.140. The molecule has 1 atom stereocenters. The van der Waals surface area contributed by atoms with E-state index in [1.54, 1.807) is 26.8 Å². The van der Waals surface area contributed by atoms with E-state index in [4.69, 9.17) is 0 Å². The number of nitrogens with one attached hydrogen (secondary N) is 1. The lowest BCUT2D eigenvalue weighted by Gasteiger charge is -2.38. The van der Waals surface area contributed by atoms with E-state index in [-0.39, 0.29) is 18.1 Å². The smallest absolute Gasteiger partial charge is 0.408 e. The molecule has 0 aliphatic heterocycles. The zero-order chi connectivity index (χ0) is 28.2. The number of carboxylic acid groups (broad SMARTS) is 1. The molecule has 0 aliphatic carbocycles. The van der Waals surface area contributed by atoms with Gasteiger partial charge in [-0.1, -0.05) is 103 Å². The van der Waals surface area contributed by atoms with E-state index in [1.165, 1.54) is 101 Å². The molecule has 0 spiro atoms. The van der Waals surface area contributed by atoms with Gasteiger partial charge in [-0.3, -0.25) is 14.7 Å². The third kappa shape index (κ3) is 15.2. The zero-order valence-corrected chi connectivity index (χ0v) is 24.6. The number of nitrogens with zero attached hydrogens (tertiary/aromatic N) is 2. The third-order valence-electron chi connectivity index (χ3n) is 7.08. The lowest BCUT2D eigenvalue weighted by molar-refractivity contribution is -0.127. The van der Waals surface area contributed by atoms with Crippen LogP contribution in [0.4, 0.5) is 4.79 Å². The number of carbonyl (C=O) groups excluding carboxylic acids is 1. The number of carbonyl (C=O) groups is 2. The molecule has 7 nitrogen and oxygen atoms in total. The van der Waals surface area contributed by atoms with Gasteiger partial charge in [-0.15, -0.1) is 0 Å². The first-order valence-corrected chi connectivity index (χ1v) is 15.1. The summed E-state index contributed by atoms with van der Waals surface area (Å²) in [6.07, 6.45) is 21.1. The maximum absolute atomic E-state index is 13.1. The highest BCUT2D eigenvalue weighted by Gasteiger charge is 2.37. The number of aromatic hydroxyl groups is 1. The van der Waals surface area contributed by atoms with Gasteiger partial charge >= 0.3 is 6.09 Å². The predicted octanol–water partition coefficient (Wildman–Crippen LogP) is 7.85. The topological polar surface area (TPSA) is 103 Å². The highest BCUT2D eigenvalue weighted by molar-refractivity contribution is 5.85. The summed E-state index contributed by atoms with van der Waals surface area (Å²) in [7, 11) is 0. The minimum absolute atomic E-state index is 0.0316. The summed E-state index contributed by atoms with van der Waals surface area (Å²) in [5, 5.41) is 22.3. The molecule has 0 saturated carbocycles. The molecule has 2 amide bonds. The van der Waals surface area contributed by atoms with Crippen molar-refractivity contribution in [3.8, 4) is 5.75 Å². The first-order chi connectivity index (χ1) is 18.2. The number of hydrogen-bond acceptors (Lipinski definition) is 4. The van der Waals surface area contributed by atoms with Gasteiger partial charge in [0.15, 0.2) is 0 Å². The summed E-state index contributed by atoms with van der Waals surface area (Å²) < 4.78 is 0. The molecule has 0 saturated heterocycles. The Morgan fingerprint density at radius 2 is 1.32 bits per heavy atom. The van der Waals surface area contributed by atoms with Crippen molar-refractivity contribution in [1.82, 2.24) is 15.2 Å². The van der Waals surface area contributed by atoms with E-state index in [0.29, 0.717) is 12.2 Å². The van der Waals surface area contributed by atoms with Crippen LogP contribution in [0.25, 0.3) is 0 Å². The molecule has 3 N–H and O–H groups in total. The molecular weight excluding hydrogens is 478 g/mol. The summed E-state index contributed by atoms with van der Waals surface area (Å²) in [6.45, 7) is 8.14. The molecule has 7 heteroatoms. The highest BCUT2D eigenvalue weighted by atomic mass is 16.4. The number of rotatable bonds is 21. The Morgan fingerprint density at radius 3 is 1.71 bits per heavy atom. The van der Waals surface area contributed by atoms with Gasteiger partial charge in [-0.2, -0.15) is 0 Å². The molecule has 0 radical (unpaired) electrons. The van der Waals surface area contributed by atoms with E-state index in [0.717, 1.165) is 19.3 Å². The number of unbranched alkanes of at least 4 members (excludes halogenated alkanes) is 15. The second-order valence-electron chi connectivity index (χ2n) is 11.6.